The molecule has 0 aromatic carbocycles. The largest absolute Gasteiger partial charge is 0.352 e. The standard InChI is InChI=1S/C16H23N5OS/c1-3-11(2)13(17)16(22)21-7-5-20(6-8-21)15-14-12(4-9-23-14)18-10-19-15/h4,9-11,13H,3,5-8,17H2,1-2H3. The fourth-order valence-electron chi connectivity index (χ4n) is 2.85. The maximum Gasteiger partial charge on any atom is 0.239 e. The van der Waals surface area contributed by atoms with E-state index in [0.29, 0.717) is 13.1 Å². The number of thiophene rings is 1. The Morgan fingerprint density at radius 3 is 2.78 bits per heavy atom. The van der Waals surface area contributed by atoms with Crippen molar-refractivity contribution in [1.29, 1.82) is 0 Å². The molecule has 1 aliphatic heterocycles. The van der Waals surface area contributed by atoms with Gasteiger partial charge in [0.25, 0.3) is 0 Å². The first-order chi connectivity index (χ1) is 11.1. The summed E-state index contributed by atoms with van der Waals surface area (Å²) in [5.74, 6) is 1.26. The third-order valence-electron chi connectivity index (χ3n) is 4.66. The van der Waals surface area contributed by atoms with Crippen LogP contribution in [-0.2, 0) is 4.79 Å². The molecule has 3 heterocycles. The van der Waals surface area contributed by atoms with Crippen molar-refractivity contribution in [2.24, 2.45) is 11.7 Å². The molecule has 6 nitrogen and oxygen atoms in total. The number of carbonyl (C=O) groups is 1. The van der Waals surface area contributed by atoms with Crippen LogP contribution in [0, 0.1) is 5.92 Å². The molecule has 124 valence electrons. The van der Waals surface area contributed by atoms with Gasteiger partial charge in [0.2, 0.25) is 5.91 Å². The minimum absolute atomic E-state index is 0.0722. The number of fused-ring (bicyclic) bond motifs is 1. The number of carbonyl (C=O) groups excluding carboxylic acids is 1. The summed E-state index contributed by atoms with van der Waals surface area (Å²) in [5.41, 5.74) is 7.07. The molecule has 7 heteroatoms. The monoisotopic (exact) mass is 333 g/mol. The van der Waals surface area contributed by atoms with E-state index in [2.05, 4.69) is 21.8 Å². The second-order valence-electron chi connectivity index (χ2n) is 6.06. The van der Waals surface area contributed by atoms with E-state index in [1.165, 1.54) is 0 Å². The number of hydrogen-bond donors (Lipinski definition) is 1. The Bertz CT molecular complexity index is 680. The number of nitrogens with two attached hydrogens (primary N) is 1. The summed E-state index contributed by atoms with van der Waals surface area (Å²) < 4.78 is 1.11. The van der Waals surface area contributed by atoms with Crippen LogP contribution in [0.4, 0.5) is 5.82 Å². The van der Waals surface area contributed by atoms with Crippen molar-refractivity contribution >= 4 is 33.3 Å². The van der Waals surface area contributed by atoms with Gasteiger partial charge in [0.05, 0.1) is 16.3 Å². The summed E-state index contributed by atoms with van der Waals surface area (Å²) in [6, 6.07) is 1.62. The van der Waals surface area contributed by atoms with E-state index in [9.17, 15) is 4.79 Å². The van der Waals surface area contributed by atoms with Crippen molar-refractivity contribution in [1.82, 2.24) is 14.9 Å². The molecule has 2 aromatic rings. The highest BCUT2D eigenvalue weighted by molar-refractivity contribution is 7.17. The molecule has 3 rings (SSSR count). The number of piperazine rings is 1. The molecular weight excluding hydrogens is 310 g/mol. The molecule has 23 heavy (non-hydrogen) atoms. The third-order valence-corrected chi connectivity index (χ3v) is 5.56. The molecular formula is C16H23N5OS. The van der Waals surface area contributed by atoms with Crippen LogP contribution >= 0.6 is 11.3 Å². The van der Waals surface area contributed by atoms with Crippen LogP contribution in [0.25, 0.3) is 10.2 Å². The molecule has 2 unspecified atom stereocenters. The van der Waals surface area contributed by atoms with Gasteiger partial charge in [-0.25, -0.2) is 9.97 Å². The zero-order chi connectivity index (χ0) is 16.4. The Morgan fingerprint density at radius 2 is 2.09 bits per heavy atom. The zero-order valence-corrected chi connectivity index (χ0v) is 14.4. The Morgan fingerprint density at radius 1 is 1.35 bits per heavy atom. The Balaban J connectivity index is 1.67. The fourth-order valence-corrected chi connectivity index (χ4v) is 3.71. The summed E-state index contributed by atoms with van der Waals surface area (Å²) in [4.78, 5) is 25.3. The first-order valence-corrected chi connectivity index (χ1v) is 8.97. The Hall–Kier alpha value is -1.73. The second kappa shape index (κ2) is 6.80. The van der Waals surface area contributed by atoms with Crippen LogP contribution in [0.2, 0.25) is 0 Å². The van der Waals surface area contributed by atoms with Gasteiger partial charge in [-0.2, -0.15) is 0 Å². The SMILES string of the molecule is CCC(C)C(N)C(=O)N1CCN(c2ncnc3ccsc23)CC1. The minimum Gasteiger partial charge on any atom is -0.352 e. The third kappa shape index (κ3) is 3.16. The van der Waals surface area contributed by atoms with Crippen molar-refractivity contribution < 1.29 is 4.79 Å². The number of amides is 1. The number of hydrogen-bond acceptors (Lipinski definition) is 6. The molecule has 0 bridgehead atoms. The van der Waals surface area contributed by atoms with Gasteiger partial charge in [-0.05, 0) is 17.4 Å². The molecule has 0 aliphatic carbocycles. The molecule has 1 fully saturated rings. The topological polar surface area (TPSA) is 75.4 Å². The average Bonchev–Trinajstić information content (AvgIpc) is 3.08. The lowest BCUT2D eigenvalue weighted by Crippen LogP contribution is -2.54. The van der Waals surface area contributed by atoms with Crippen LogP contribution in [0.15, 0.2) is 17.8 Å². The van der Waals surface area contributed by atoms with Crippen molar-refractivity contribution in [3.63, 3.8) is 0 Å². The number of anilines is 1. The maximum absolute atomic E-state index is 12.5. The van der Waals surface area contributed by atoms with Crippen molar-refractivity contribution in [3.05, 3.63) is 17.8 Å². The van der Waals surface area contributed by atoms with E-state index in [1.54, 1.807) is 17.7 Å². The molecule has 1 saturated heterocycles. The first-order valence-electron chi connectivity index (χ1n) is 8.09. The quantitative estimate of drug-likeness (QED) is 0.922. The Kier molecular flexibility index (Phi) is 4.77. The lowest BCUT2D eigenvalue weighted by Gasteiger charge is -2.37. The predicted octanol–water partition coefficient (Wildman–Crippen LogP) is 1.71. The predicted molar refractivity (Wildman–Crippen MR) is 93.6 cm³/mol. The van der Waals surface area contributed by atoms with Gasteiger partial charge >= 0.3 is 0 Å². The van der Waals surface area contributed by atoms with E-state index in [-0.39, 0.29) is 11.8 Å². The normalized spacial score (nSPS) is 18.2. The van der Waals surface area contributed by atoms with Crippen molar-refractivity contribution in [3.8, 4) is 0 Å². The average molecular weight is 333 g/mol. The summed E-state index contributed by atoms with van der Waals surface area (Å²) in [6.45, 7) is 7.05. The Labute approximate surface area is 140 Å². The van der Waals surface area contributed by atoms with E-state index in [4.69, 9.17) is 5.73 Å². The maximum atomic E-state index is 12.5. The molecule has 2 atom stereocenters. The zero-order valence-electron chi connectivity index (χ0n) is 13.6. The van der Waals surface area contributed by atoms with Gasteiger partial charge < -0.3 is 15.5 Å². The second-order valence-corrected chi connectivity index (χ2v) is 6.97. The van der Waals surface area contributed by atoms with Crippen molar-refractivity contribution in [2.75, 3.05) is 31.1 Å². The fraction of sp³-hybridized carbons (Fsp3) is 0.562. The van der Waals surface area contributed by atoms with Gasteiger partial charge in [-0.3, -0.25) is 4.79 Å². The molecule has 2 N–H and O–H groups in total. The van der Waals surface area contributed by atoms with E-state index >= 15 is 0 Å². The molecule has 1 aliphatic rings. The smallest absolute Gasteiger partial charge is 0.239 e. The molecule has 0 saturated carbocycles. The minimum atomic E-state index is -0.394. The number of rotatable bonds is 4. The summed E-state index contributed by atoms with van der Waals surface area (Å²) in [6.07, 6.45) is 2.53. The number of aromatic nitrogens is 2. The summed E-state index contributed by atoms with van der Waals surface area (Å²) in [7, 11) is 0. The van der Waals surface area contributed by atoms with Crippen LogP contribution in [-0.4, -0.2) is 53.0 Å². The van der Waals surface area contributed by atoms with Crippen LogP contribution in [0.1, 0.15) is 20.3 Å². The van der Waals surface area contributed by atoms with Gasteiger partial charge in [-0.1, -0.05) is 20.3 Å². The number of nitrogens with zero attached hydrogens (tertiary/aromatic N) is 4. The van der Waals surface area contributed by atoms with E-state index in [1.807, 2.05) is 23.3 Å². The summed E-state index contributed by atoms with van der Waals surface area (Å²) >= 11 is 1.66. The summed E-state index contributed by atoms with van der Waals surface area (Å²) in [5, 5.41) is 2.04. The van der Waals surface area contributed by atoms with Crippen LogP contribution in [0.5, 0.6) is 0 Å². The highest BCUT2D eigenvalue weighted by Gasteiger charge is 2.28. The van der Waals surface area contributed by atoms with Gasteiger partial charge in [0, 0.05) is 26.2 Å². The molecule has 1 amide bonds. The first kappa shape index (κ1) is 16.1. The van der Waals surface area contributed by atoms with E-state index in [0.717, 1.165) is 35.5 Å². The van der Waals surface area contributed by atoms with Crippen molar-refractivity contribution in [2.45, 2.75) is 26.3 Å². The lowest BCUT2D eigenvalue weighted by atomic mass is 9.98. The lowest BCUT2D eigenvalue weighted by molar-refractivity contribution is -0.134. The highest BCUT2D eigenvalue weighted by Crippen LogP contribution is 2.28. The van der Waals surface area contributed by atoms with Crippen LogP contribution < -0.4 is 10.6 Å². The van der Waals surface area contributed by atoms with Gasteiger partial charge in [0.15, 0.2) is 0 Å². The van der Waals surface area contributed by atoms with Gasteiger partial charge in [-0.15, -0.1) is 11.3 Å². The molecule has 0 spiro atoms. The van der Waals surface area contributed by atoms with Crippen LogP contribution in [0.3, 0.4) is 0 Å². The van der Waals surface area contributed by atoms with E-state index < -0.39 is 6.04 Å². The van der Waals surface area contributed by atoms with Gasteiger partial charge in [0.1, 0.15) is 12.1 Å². The molecule has 2 aromatic heterocycles. The highest BCUT2D eigenvalue weighted by atomic mass is 32.1. The molecule has 0 radical (unpaired) electrons.